The van der Waals surface area contributed by atoms with Gasteiger partial charge in [-0.05, 0) is 36.8 Å². The van der Waals surface area contributed by atoms with E-state index in [0.717, 1.165) is 10.5 Å². The molecule has 0 N–H and O–H groups in total. The quantitative estimate of drug-likeness (QED) is 0.400. The average Bonchev–Trinajstić information content (AvgIpc) is 3.49. The third kappa shape index (κ3) is 2.99. The van der Waals surface area contributed by atoms with E-state index in [1.54, 1.807) is 66.7 Å². The van der Waals surface area contributed by atoms with E-state index >= 15 is 0 Å². The van der Waals surface area contributed by atoms with E-state index in [1.807, 2.05) is 6.92 Å². The van der Waals surface area contributed by atoms with Crippen LogP contribution in [0.4, 0.5) is 5.69 Å². The fraction of sp³-hybridized carbons (Fsp3) is 0.241. The number of amides is 2. The Balaban J connectivity index is 1.54. The van der Waals surface area contributed by atoms with Gasteiger partial charge in [-0.15, -0.1) is 0 Å². The highest BCUT2D eigenvalue weighted by atomic mass is 16.5. The lowest BCUT2D eigenvalue weighted by atomic mass is 9.77. The van der Waals surface area contributed by atoms with Gasteiger partial charge in [-0.3, -0.25) is 19.2 Å². The van der Waals surface area contributed by atoms with Gasteiger partial charge < -0.3 is 14.2 Å². The SMILES string of the molecule is COc1ccc([C@@H]2OC3(C(=O)c4ccccc4C3=O)[C@@H]3C(=O)N(c4ccc(C)cc4)C(=O)[C@@H]32)cc1OC. The summed E-state index contributed by atoms with van der Waals surface area (Å²) in [5, 5.41) is 0. The number of ether oxygens (including phenoxy) is 3. The zero-order chi connectivity index (χ0) is 26.1. The summed E-state index contributed by atoms with van der Waals surface area (Å²) >= 11 is 0. The van der Waals surface area contributed by atoms with Crippen molar-refractivity contribution in [3.05, 3.63) is 89.0 Å². The zero-order valence-corrected chi connectivity index (χ0v) is 20.4. The number of methoxy groups -OCH3 is 2. The zero-order valence-electron chi connectivity index (χ0n) is 20.4. The number of nitrogens with zero attached hydrogens (tertiary/aromatic N) is 1. The van der Waals surface area contributed by atoms with Crippen LogP contribution in [0, 0.1) is 18.8 Å². The van der Waals surface area contributed by atoms with E-state index in [-0.39, 0.29) is 11.1 Å². The Morgan fingerprint density at radius 1 is 0.784 bits per heavy atom. The maximum Gasteiger partial charge on any atom is 0.241 e. The fourth-order valence-corrected chi connectivity index (χ4v) is 5.80. The molecule has 2 saturated heterocycles. The second-order valence-corrected chi connectivity index (χ2v) is 9.44. The Morgan fingerprint density at radius 2 is 1.41 bits per heavy atom. The van der Waals surface area contributed by atoms with E-state index in [4.69, 9.17) is 14.2 Å². The monoisotopic (exact) mass is 497 g/mol. The van der Waals surface area contributed by atoms with Crippen molar-refractivity contribution in [2.75, 3.05) is 19.1 Å². The van der Waals surface area contributed by atoms with Gasteiger partial charge in [0.25, 0.3) is 0 Å². The normalized spacial score (nSPS) is 23.5. The number of ketones is 2. The van der Waals surface area contributed by atoms with Crippen molar-refractivity contribution >= 4 is 29.1 Å². The first-order valence-corrected chi connectivity index (χ1v) is 11.9. The number of hydrogen-bond donors (Lipinski definition) is 0. The Kier molecular flexibility index (Phi) is 5.07. The maximum absolute atomic E-state index is 14.0. The summed E-state index contributed by atoms with van der Waals surface area (Å²) in [7, 11) is 2.98. The van der Waals surface area contributed by atoms with E-state index in [9.17, 15) is 19.2 Å². The van der Waals surface area contributed by atoms with Gasteiger partial charge in [0.05, 0.1) is 37.8 Å². The van der Waals surface area contributed by atoms with Gasteiger partial charge in [0.2, 0.25) is 29.0 Å². The number of carbonyl (C=O) groups excluding carboxylic acids is 4. The molecule has 1 aliphatic carbocycles. The smallest absolute Gasteiger partial charge is 0.241 e. The number of imide groups is 1. The number of fused-ring (bicyclic) bond motifs is 3. The Morgan fingerprint density at radius 3 is 2.00 bits per heavy atom. The first-order chi connectivity index (χ1) is 17.8. The average molecular weight is 498 g/mol. The molecule has 0 aromatic heterocycles. The molecular weight excluding hydrogens is 474 g/mol. The molecule has 8 nitrogen and oxygen atoms in total. The van der Waals surface area contributed by atoms with Crippen LogP contribution < -0.4 is 14.4 Å². The Labute approximate surface area is 212 Å². The molecule has 2 aliphatic heterocycles. The van der Waals surface area contributed by atoms with Crippen molar-refractivity contribution in [1.82, 2.24) is 0 Å². The molecule has 2 fully saturated rings. The first kappa shape index (κ1) is 23.1. The third-order valence-corrected chi connectivity index (χ3v) is 7.55. The summed E-state index contributed by atoms with van der Waals surface area (Å²) in [6.07, 6.45) is -1.04. The van der Waals surface area contributed by atoms with Gasteiger partial charge in [0, 0.05) is 11.1 Å². The summed E-state index contributed by atoms with van der Waals surface area (Å²) < 4.78 is 17.1. The minimum atomic E-state index is -2.13. The molecule has 37 heavy (non-hydrogen) atoms. The van der Waals surface area contributed by atoms with E-state index < -0.39 is 46.9 Å². The van der Waals surface area contributed by atoms with Crippen LogP contribution in [0.1, 0.15) is 37.9 Å². The third-order valence-electron chi connectivity index (χ3n) is 7.55. The van der Waals surface area contributed by atoms with Crippen LogP contribution in [-0.2, 0) is 14.3 Å². The van der Waals surface area contributed by atoms with Gasteiger partial charge in [-0.1, -0.05) is 48.0 Å². The van der Waals surface area contributed by atoms with Crippen LogP contribution in [0.25, 0.3) is 0 Å². The largest absolute Gasteiger partial charge is 0.493 e. The topological polar surface area (TPSA) is 99.2 Å². The number of benzene rings is 3. The van der Waals surface area contributed by atoms with Gasteiger partial charge in [0.1, 0.15) is 0 Å². The first-order valence-electron chi connectivity index (χ1n) is 11.9. The van der Waals surface area contributed by atoms with Crippen LogP contribution >= 0.6 is 0 Å². The second kappa shape index (κ2) is 8.11. The van der Waals surface area contributed by atoms with Crippen molar-refractivity contribution in [1.29, 1.82) is 0 Å². The van der Waals surface area contributed by atoms with Crippen molar-refractivity contribution < 1.29 is 33.4 Å². The van der Waals surface area contributed by atoms with Crippen LogP contribution in [0.3, 0.4) is 0 Å². The van der Waals surface area contributed by atoms with Crippen LogP contribution in [0.15, 0.2) is 66.7 Å². The molecule has 1 spiro atoms. The molecule has 0 bridgehead atoms. The summed E-state index contributed by atoms with van der Waals surface area (Å²) in [6.45, 7) is 1.90. The molecule has 2 heterocycles. The van der Waals surface area contributed by atoms with Gasteiger partial charge in [-0.25, -0.2) is 4.90 Å². The molecule has 3 aliphatic rings. The van der Waals surface area contributed by atoms with Crippen LogP contribution in [0.5, 0.6) is 11.5 Å². The molecule has 0 unspecified atom stereocenters. The standard InChI is InChI=1S/C29H23NO7/c1-15-8-11-17(12-9-15)30-27(33)22-23(28(30)34)29(25(31)18-6-4-5-7-19(18)26(29)32)37-24(22)16-10-13-20(35-2)21(14-16)36-3/h4-14,22-24H,1-3H3/t22-,23-,24-/m0/s1. The lowest BCUT2D eigenvalue weighted by Gasteiger charge is -2.27. The highest BCUT2D eigenvalue weighted by Gasteiger charge is 2.74. The van der Waals surface area contributed by atoms with E-state index in [1.165, 1.54) is 14.2 Å². The fourth-order valence-electron chi connectivity index (χ4n) is 5.80. The minimum Gasteiger partial charge on any atom is -0.493 e. The molecule has 3 atom stereocenters. The highest BCUT2D eigenvalue weighted by Crippen LogP contribution is 2.58. The van der Waals surface area contributed by atoms with E-state index in [0.29, 0.717) is 22.7 Å². The number of hydrogen-bond acceptors (Lipinski definition) is 7. The molecule has 8 heteroatoms. The number of carbonyl (C=O) groups is 4. The van der Waals surface area contributed by atoms with Crippen molar-refractivity contribution in [2.24, 2.45) is 11.8 Å². The Bertz CT molecular complexity index is 1460. The number of aryl methyl sites for hydroxylation is 1. The number of rotatable bonds is 4. The van der Waals surface area contributed by atoms with Crippen molar-refractivity contribution in [3.8, 4) is 11.5 Å². The summed E-state index contributed by atoms with van der Waals surface area (Å²) in [6, 6.07) is 18.3. The predicted molar refractivity (Wildman–Crippen MR) is 132 cm³/mol. The number of Topliss-reactive ketones (excluding diaryl/α,β-unsaturated/α-hetero) is 2. The van der Waals surface area contributed by atoms with Crippen LogP contribution in [0.2, 0.25) is 0 Å². The maximum atomic E-state index is 14.0. The van der Waals surface area contributed by atoms with Gasteiger partial charge >= 0.3 is 0 Å². The molecular formula is C29H23NO7. The molecule has 6 rings (SSSR count). The van der Waals surface area contributed by atoms with Gasteiger partial charge in [0.15, 0.2) is 11.5 Å². The molecule has 2 amide bonds. The number of anilines is 1. The second-order valence-electron chi connectivity index (χ2n) is 9.44. The van der Waals surface area contributed by atoms with Crippen LogP contribution in [-0.4, -0.2) is 43.2 Å². The van der Waals surface area contributed by atoms with Crippen molar-refractivity contribution in [2.45, 2.75) is 18.6 Å². The summed E-state index contributed by atoms with van der Waals surface area (Å²) in [5.41, 5.74) is 0.0852. The van der Waals surface area contributed by atoms with Crippen molar-refractivity contribution in [3.63, 3.8) is 0 Å². The molecule has 3 aromatic rings. The Hall–Kier alpha value is -4.30. The predicted octanol–water partition coefficient (Wildman–Crippen LogP) is 3.71. The lowest BCUT2D eigenvalue weighted by molar-refractivity contribution is -0.127. The molecule has 0 radical (unpaired) electrons. The van der Waals surface area contributed by atoms with E-state index in [2.05, 4.69) is 0 Å². The summed E-state index contributed by atoms with van der Waals surface area (Å²) in [4.78, 5) is 56.6. The van der Waals surface area contributed by atoms with Gasteiger partial charge in [-0.2, -0.15) is 0 Å². The minimum absolute atomic E-state index is 0.188. The molecule has 186 valence electrons. The lowest BCUT2D eigenvalue weighted by Crippen LogP contribution is -2.51. The molecule has 3 aromatic carbocycles. The highest BCUT2D eigenvalue weighted by molar-refractivity contribution is 6.37. The molecule has 0 saturated carbocycles. The summed E-state index contributed by atoms with van der Waals surface area (Å²) in [5.74, 6) is -3.90.